The average Bonchev–Trinajstić information content (AvgIpc) is 2.59. The van der Waals surface area contributed by atoms with Crippen LogP contribution in [0.1, 0.15) is 0 Å². The van der Waals surface area contributed by atoms with Crippen LogP contribution >= 0.6 is 0 Å². The van der Waals surface area contributed by atoms with Crippen molar-refractivity contribution in [3.05, 3.63) is 12.2 Å². The molecule has 134 valence electrons. The molecule has 0 aromatic rings. The Kier molecular flexibility index (Phi) is 15.5. The van der Waals surface area contributed by atoms with E-state index in [0.717, 1.165) is 0 Å². The zero-order chi connectivity index (χ0) is 17.0. The van der Waals surface area contributed by atoms with Gasteiger partial charge in [-0.1, -0.05) is 17.9 Å². The molecule has 0 unspecified atom stereocenters. The maximum atomic E-state index is 5.38. The Labute approximate surface area is 144 Å². The SMILES string of the molecule is C1#C/C=C/COCCOCCOCCOCCOCCOCC#C1. The van der Waals surface area contributed by atoms with Gasteiger partial charge in [-0.25, -0.2) is 0 Å². The van der Waals surface area contributed by atoms with Crippen molar-refractivity contribution in [2.24, 2.45) is 0 Å². The summed E-state index contributed by atoms with van der Waals surface area (Å²) in [4.78, 5) is 0. The van der Waals surface area contributed by atoms with Crippen LogP contribution in [0.15, 0.2) is 12.2 Å². The van der Waals surface area contributed by atoms with E-state index in [2.05, 4.69) is 23.7 Å². The second-order valence-electron chi connectivity index (χ2n) is 4.55. The Hall–Kier alpha value is -1.38. The van der Waals surface area contributed by atoms with E-state index in [1.165, 1.54) is 0 Å². The predicted molar refractivity (Wildman–Crippen MR) is 89.6 cm³/mol. The molecule has 0 spiro atoms. The van der Waals surface area contributed by atoms with Gasteiger partial charge >= 0.3 is 0 Å². The van der Waals surface area contributed by atoms with E-state index < -0.39 is 0 Å². The Morgan fingerprint density at radius 1 is 0.542 bits per heavy atom. The first kappa shape index (κ1) is 20.7. The standard InChI is InChI=1S/C18H26O6/c1-2-4-6-8-20-10-12-22-14-16-24-18-17-23-15-13-21-11-9-19-7-5-3-1/h3,5H,7-18H2/b5-3+. The van der Waals surface area contributed by atoms with Crippen molar-refractivity contribution in [1.82, 2.24) is 0 Å². The zero-order valence-corrected chi connectivity index (χ0v) is 14.1. The molecule has 1 heterocycles. The largest absolute Gasteiger partial charge is 0.377 e. The molecule has 24 heavy (non-hydrogen) atoms. The minimum Gasteiger partial charge on any atom is -0.377 e. The Morgan fingerprint density at radius 2 is 1.04 bits per heavy atom. The summed E-state index contributed by atoms with van der Waals surface area (Å²) < 4.78 is 32.2. The average molecular weight is 338 g/mol. The van der Waals surface area contributed by atoms with Crippen LogP contribution in [0.25, 0.3) is 0 Å². The monoisotopic (exact) mass is 338 g/mol. The van der Waals surface area contributed by atoms with Crippen LogP contribution in [0.4, 0.5) is 0 Å². The van der Waals surface area contributed by atoms with E-state index in [1.54, 1.807) is 6.08 Å². The maximum absolute atomic E-state index is 5.38. The smallest absolute Gasteiger partial charge is 0.108 e. The van der Waals surface area contributed by atoms with Gasteiger partial charge in [0.2, 0.25) is 0 Å². The van der Waals surface area contributed by atoms with E-state index >= 15 is 0 Å². The van der Waals surface area contributed by atoms with Crippen LogP contribution in [-0.4, -0.2) is 79.3 Å². The van der Waals surface area contributed by atoms with Crippen molar-refractivity contribution in [3.8, 4) is 23.7 Å². The molecule has 6 nitrogen and oxygen atoms in total. The summed E-state index contributed by atoms with van der Waals surface area (Å²) in [6.45, 7) is 6.23. The van der Waals surface area contributed by atoms with Crippen molar-refractivity contribution in [2.45, 2.75) is 0 Å². The molecule has 0 saturated carbocycles. The lowest BCUT2D eigenvalue weighted by Gasteiger charge is -2.07. The molecule has 0 radical (unpaired) electrons. The van der Waals surface area contributed by atoms with Crippen LogP contribution in [0.2, 0.25) is 0 Å². The van der Waals surface area contributed by atoms with E-state index in [9.17, 15) is 0 Å². The highest BCUT2D eigenvalue weighted by Gasteiger charge is 1.93. The van der Waals surface area contributed by atoms with Gasteiger partial charge in [0, 0.05) is 0 Å². The number of rotatable bonds is 0. The molecule has 1 aliphatic rings. The molecule has 0 amide bonds. The Morgan fingerprint density at radius 3 is 1.62 bits per heavy atom. The molecule has 0 N–H and O–H groups in total. The minimum atomic E-state index is 0.346. The minimum absolute atomic E-state index is 0.346. The van der Waals surface area contributed by atoms with E-state index in [-0.39, 0.29) is 0 Å². The lowest BCUT2D eigenvalue weighted by Crippen LogP contribution is -2.14. The highest BCUT2D eigenvalue weighted by molar-refractivity contribution is 5.30. The van der Waals surface area contributed by atoms with E-state index in [1.807, 2.05) is 6.08 Å². The summed E-state index contributed by atoms with van der Waals surface area (Å²) in [5.41, 5.74) is 0. The third-order valence-electron chi connectivity index (χ3n) is 2.67. The number of hydrogen-bond acceptors (Lipinski definition) is 6. The summed E-state index contributed by atoms with van der Waals surface area (Å²) in [7, 11) is 0. The number of ether oxygens (including phenoxy) is 6. The third kappa shape index (κ3) is 15.5. The van der Waals surface area contributed by atoms with Gasteiger partial charge in [0.25, 0.3) is 0 Å². The lowest BCUT2D eigenvalue weighted by atomic mass is 10.5. The quantitative estimate of drug-likeness (QED) is 0.605. The fourth-order valence-electron chi connectivity index (χ4n) is 1.54. The van der Waals surface area contributed by atoms with Gasteiger partial charge < -0.3 is 28.4 Å². The summed E-state index contributed by atoms with van der Waals surface area (Å²) in [5.74, 6) is 11.1. The topological polar surface area (TPSA) is 55.4 Å². The van der Waals surface area contributed by atoms with Crippen molar-refractivity contribution >= 4 is 0 Å². The molecule has 0 aromatic heterocycles. The maximum Gasteiger partial charge on any atom is 0.108 e. The molecule has 0 saturated heterocycles. The Balaban J connectivity index is 2.18. The van der Waals surface area contributed by atoms with Crippen LogP contribution in [0.3, 0.4) is 0 Å². The molecular formula is C18H26O6. The van der Waals surface area contributed by atoms with Crippen molar-refractivity contribution in [3.63, 3.8) is 0 Å². The van der Waals surface area contributed by atoms with Crippen LogP contribution < -0.4 is 0 Å². The number of hydrogen-bond donors (Lipinski definition) is 0. The van der Waals surface area contributed by atoms with Gasteiger partial charge in [-0.2, -0.15) is 0 Å². The molecule has 0 aliphatic carbocycles. The Bertz CT molecular complexity index is 426. The third-order valence-corrected chi connectivity index (χ3v) is 2.67. The molecule has 1 rings (SSSR count). The van der Waals surface area contributed by atoms with Crippen LogP contribution in [-0.2, 0) is 28.4 Å². The fourth-order valence-corrected chi connectivity index (χ4v) is 1.54. The van der Waals surface area contributed by atoms with Gasteiger partial charge in [-0.05, 0) is 17.9 Å². The van der Waals surface area contributed by atoms with Crippen molar-refractivity contribution < 1.29 is 28.4 Å². The predicted octanol–water partition coefficient (Wildman–Crippen LogP) is 0.663. The second kappa shape index (κ2) is 18.0. The van der Waals surface area contributed by atoms with Gasteiger partial charge in [-0.3, -0.25) is 0 Å². The molecule has 1 aliphatic heterocycles. The summed E-state index contributed by atoms with van der Waals surface area (Å²) >= 11 is 0. The molecule has 6 heteroatoms. The van der Waals surface area contributed by atoms with Gasteiger partial charge in [-0.15, -0.1) is 0 Å². The number of allylic oxidation sites excluding steroid dienone is 1. The van der Waals surface area contributed by atoms with E-state index in [4.69, 9.17) is 28.4 Å². The first-order valence-electron chi connectivity index (χ1n) is 8.10. The molecular weight excluding hydrogens is 312 g/mol. The van der Waals surface area contributed by atoms with Gasteiger partial charge in [0.1, 0.15) is 6.61 Å². The van der Waals surface area contributed by atoms with Crippen LogP contribution in [0.5, 0.6) is 0 Å². The molecule has 0 bridgehead atoms. The van der Waals surface area contributed by atoms with Crippen LogP contribution in [0, 0.1) is 23.7 Å². The fraction of sp³-hybridized carbons (Fsp3) is 0.667. The normalized spacial score (nSPS) is 22.0. The summed E-state index contributed by atoms with van der Waals surface area (Å²) in [5, 5.41) is 0. The molecule has 0 fully saturated rings. The van der Waals surface area contributed by atoms with Gasteiger partial charge in [0.15, 0.2) is 0 Å². The highest BCUT2D eigenvalue weighted by atomic mass is 16.6. The summed E-state index contributed by atoms with van der Waals surface area (Å²) in [6, 6.07) is 0. The first-order valence-corrected chi connectivity index (χ1v) is 8.10. The van der Waals surface area contributed by atoms with Crippen molar-refractivity contribution in [2.75, 3.05) is 79.3 Å². The van der Waals surface area contributed by atoms with Crippen molar-refractivity contribution in [1.29, 1.82) is 0 Å². The first-order chi connectivity index (χ1) is 12.0. The zero-order valence-electron chi connectivity index (χ0n) is 14.1. The van der Waals surface area contributed by atoms with Gasteiger partial charge in [0.05, 0.1) is 72.7 Å². The lowest BCUT2D eigenvalue weighted by molar-refractivity contribution is -0.0143. The molecule has 0 aromatic carbocycles. The second-order valence-corrected chi connectivity index (χ2v) is 4.55. The highest BCUT2D eigenvalue weighted by Crippen LogP contribution is 1.85. The summed E-state index contributed by atoms with van der Waals surface area (Å²) in [6.07, 6.45) is 3.56. The molecule has 0 atom stereocenters. The van der Waals surface area contributed by atoms with E-state index in [0.29, 0.717) is 79.3 Å².